The summed E-state index contributed by atoms with van der Waals surface area (Å²) >= 11 is 3.85. The lowest BCUT2D eigenvalue weighted by Gasteiger charge is -2.36. The molecule has 0 aromatic rings. The SMILES string of the molecule is CS[13CH2][13CH2]N([13CH2][13CH2]O[Si](C)(C)C(C)(C)C)[13CH2][13CH2]SC. The van der Waals surface area contributed by atoms with E-state index in [9.17, 15) is 0 Å². The zero-order valence-electron chi connectivity index (χ0n) is 13.9. The first-order valence-corrected chi connectivity index (χ1v) is 12.8. The Labute approximate surface area is 130 Å². The summed E-state index contributed by atoms with van der Waals surface area (Å²) in [5, 5.41) is 0.316. The van der Waals surface area contributed by atoms with E-state index in [2.05, 4.69) is 51.3 Å². The van der Waals surface area contributed by atoms with E-state index in [0.29, 0.717) is 5.04 Å². The summed E-state index contributed by atoms with van der Waals surface area (Å²) in [4.78, 5) is 2.54. The number of thioether (sulfide) groups is 2. The minimum Gasteiger partial charge on any atom is -0.416 e. The largest absolute Gasteiger partial charge is 0.416 e. The van der Waals surface area contributed by atoms with Crippen molar-refractivity contribution in [1.82, 2.24) is 4.90 Å². The van der Waals surface area contributed by atoms with Gasteiger partial charge < -0.3 is 4.43 Å². The summed E-state index contributed by atoms with van der Waals surface area (Å²) < 4.78 is 6.27. The molecular weight excluding hydrogens is 296 g/mol. The van der Waals surface area contributed by atoms with Crippen molar-refractivity contribution >= 4 is 31.8 Å². The van der Waals surface area contributed by atoms with Crippen LogP contribution in [-0.2, 0) is 4.43 Å². The molecule has 116 valence electrons. The minimum atomic E-state index is -1.57. The highest BCUT2D eigenvalue weighted by Crippen LogP contribution is 2.36. The Bertz CT molecular complexity index is 224. The molecule has 0 saturated carbocycles. The van der Waals surface area contributed by atoms with Gasteiger partial charge in [0.1, 0.15) is 0 Å². The summed E-state index contributed by atoms with van der Waals surface area (Å²) in [5.74, 6) is 2.43. The Kier molecular flexibility index (Phi) is 10.1. The van der Waals surface area contributed by atoms with Gasteiger partial charge in [0.05, 0.1) is 0 Å². The third-order valence-electron chi connectivity index (χ3n) is 3.90. The van der Waals surface area contributed by atoms with Crippen molar-refractivity contribution in [3.05, 3.63) is 0 Å². The van der Waals surface area contributed by atoms with Crippen LogP contribution in [0.3, 0.4) is 0 Å². The van der Waals surface area contributed by atoms with Crippen molar-refractivity contribution in [2.24, 2.45) is 0 Å². The van der Waals surface area contributed by atoms with E-state index in [1.165, 1.54) is 24.6 Å². The average molecular weight is 330 g/mol. The fourth-order valence-electron chi connectivity index (χ4n) is 1.42. The minimum absolute atomic E-state index is 0.316. The molecule has 5 heteroatoms. The highest BCUT2D eigenvalue weighted by Gasteiger charge is 2.36. The van der Waals surface area contributed by atoms with Gasteiger partial charge in [-0.2, -0.15) is 23.5 Å². The van der Waals surface area contributed by atoms with Crippen LogP contribution in [0.2, 0.25) is 18.1 Å². The average Bonchev–Trinajstić information content (AvgIpc) is 2.30. The maximum Gasteiger partial charge on any atom is 0.192 e. The fourth-order valence-corrected chi connectivity index (χ4v) is 3.34. The lowest BCUT2D eigenvalue weighted by Crippen LogP contribution is -2.43. The zero-order chi connectivity index (χ0) is 14.9. The predicted molar refractivity (Wildman–Crippen MR) is 96.4 cm³/mol. The van der Waals surface area contributed by atoms with Gasteiger partial charge in [0.25, 0.3) is 0 Å². The molecule has 19 heavy (non-hydrogen) atoms. The molecule has 0 aliphatic heterocycles. The van der Waals surface area contributed by atoms with E-state index in [1.807, 2.05) is 23.5 Å². The Hall–Kier alpha value is 0.837. The van der Waals surface area contributed by atoms with Crippen molar-refractivity contribution in [2.45, 2.75) is 38.9 Å². The second kappa shape index (κ2) is 9.72. The van der Waals surface area contributed by atoms with Crippen LogP contribution in [0, 0.1) is 0 Å². The second-order valence-corrected chi connectivity index (χ2v) is 13.2. The maximum absolute atomic E-state index is 6.27. The second-order valence-electron chi connectivity index (χ2n) is 6.44. The van der Waals surface area contributed by atoms with Crippen molar-refractivity contribution in [3.63, 3.8) is 0 Å². The van der Waals surface area contributed by atoms with Gasteiger partial charge in [-0.15, -0.1) is 0 Å². The molecule has 0 amide bonds. The summed E-state index contributed by atoms with van der Waals surface area (Å²) in [6.45, 7) is 15.9. The summed E-state index contributed by atoms with van der Waals surface area (Å²) in [6.07, 6.45) is 4.36. The van der Waals surface area contributed by atoms with Gasteiger partial charge in [-0.25, -0.2) is 0 Å². The lowest BCUT2D eigenvalue weighted by atomic mass is 10.2. The standard InChI is InChI=1S/C14H33NOS2Si/c1-14(2,3)19(6,7)16-11-8-15(9-12-17-4)10-13-18-5/h8-13H2,1-7H3/i8+1,9+1,10+1,11+1,12+1,13+1. The number of nitrogens with zero attached hydrogens (tertiary/aromatic N) is 1. The van der Waals surface area contributed by atoms with E-state index < -0.39 is 8.32 Å². The molecule has 0 radical (unpaired) electrons. The first-order chi connectivity index (χ1) is 8.74. The van der Waals surface area contributed by atoms with Crippen molar-refractivity contribution in [2.75, 3.05) is 50.3 Å². The number of hydrogen-bond donors (Lipinski definition) is 0. The van der Waals surface area contributed by atoms with E-state index in [4.69, 9.17) is 4.43 Å². The molecule has 0 aliphatic carbocycles. The van der Waals surface area contributed by atoms with Crippen molar-refractivity contribution in [3.8, 4) is 0 Å². The third kappa shape index (κ3) is 8.66. The summed E-state index contributed by atoms with van der Waals surface area (Å²) in [6, 6.07) is 0. The van der Waals surface area contributed by atoms with Crippen LogP contribution >= 0.6 is 23.5 Å². The number of hydrogen-bond acceptors (Lipinski definition) is 4. The molecule has 2 nitrogen and oxygen atoms in total. The Morgan fingerprint density at radius 3 is 1.79 bits per heavy atom. The van der Waals surface area contributed by atoms with E-state index in [0.717, 1.165) is 13.2 Å². The van der Waals surface area contributed by atoms with Crippen LogP contribution in [0.4, 0.5) is 0 Å². The van der Waals surface area contributed by atoms with E-state index >= 15 is 0 Å². The van der Waals surface area contributed by atoms with Gasteiger partial charge >= 0.3 is 0 Å². The maximum atomic E-state index is 6.27. The highest BCUT2D eigenvalue weighted by molar-refractivity contribution is 7.98. The van der Waals surface area contributed by atoms with Crippen LogP contribution in [0.25, 0.3) is 0 Å². The van der Waals surface area contributed by atoms with Gasteiger partial charge in [0.15, 0.2) is 8.32 Å². The topological polar surface area (TPSA) is 12.5 Å². The van der Waals surface area contributed by atoms with Gasteiger partial charge in [-0.1, -0.05) is 20.8 Å². The Morgan fingerprint density at radius 1 is 0.947 bits per heavy atom. The zero-order valence-corrected chi connectivity index (χ0v) is 16.5. The van der Waals surface area contributed by atoms with E-state index in [1.54, 1.807) is 0 Å². The first kappa shape index (κ1) is 19.8. The molecule has 0 aromatic heterocycles. The molecule has 0 heterocycles. The predicted octanol–water partition coefficient (Wildman–Crippen LogP) is 4.04. The molecule has 0 atom stereocenters. The van der Waals surface area contributed by atoms with Crippen LogP contribution in [-0.4, -0.2) is 63.5 Å². The fraction of sp³-hybridized carbons (Fsp3) is 1.00. The quantitative estimate of drug-likeness (QED) is 0.443. The summed E-state index contributed by atoms with van der Waals surface area (Å²) in [5.41, 5.74) is 0. The molecule has 0 rings (SSSR count). The molecule has 0 aliphatic rings. The molecule has 0 N–H and O–H groups in total. The molecule has 0 unspecified atom stereocenters. The van der Waals surface area contributed by atoms with E-state index in [-0.39, 0.29) is 0 Å². The lowest BCUT2D eigenvalue weighted by molar-refractivity contribution is 0.212. The molecule has 0 saturated heterocycles. The van der Waals surface area contributed by atoms with Gasteiger partial charge in [0, 0.05) is 37.7 Å². The van der Waals surface area contributed by atoms with Crippen LogP contribution in [0.15, 0.2) is 0 Å². The van der Waals surface area contributed by atoms with Crippen LogP contribution in [0.1, 0.15) is 20.8 Å². The normalized spacial score (nSPS) is 13.3. The number of rotatable bonds is 10. The van der Waals surface area contributed by atoms with Gasteiger partial charge in [-0.05, 0) is 30.6 Å². The summed E-state index contributed by atoms with van der Waals surface area (Å²) in [7, 11) is -1.57. The molecule has 0 aromatic carbocycles. The monoisotopic (exact) mass is 329 g/mol. The highest BCUT2D eigenvalue weighted by atomic mass is 32.2. The van der Waals surface area contributed by atoms with Crippen LogP contribution < -0.4 is 0 Å². The van der Waals surface area contributed by atoms with Crippen molar-refractivity contribution in [1.29, 1.82) is 0 Å². The smallest absolute Gasteiger partial charge is 0.192 e. The van der Waals surface area contributed by atoms with Crippen LogP contribution in [0.5, 0.6) is 0 Å². The van der Waals surface area contributed by atoms with Gasteiger partial charge in [-0.3, -0.25) is 4.90 Å². The van der Waals surface area contributed by atoms with Crippen molar-refractivity contribution < 1.29 is 4.43 Å². The Balaban J connectivity index is 4.09. The first-order valence-electron chi connectivity index (χ1n) is 7.09. The molecular formula is C14H33NOS2Si. The molecule has 0 fully saturated rings. The van der Waals surface area contributed by atoms with Gasteiger partial charge in [0.2, 0.25) is 0 Å². The molecule has 0 bridgehead atoms. The third-order valence-corrected chi connectivity index (χ3v) is 9.62. The Morgan fingerprint density at radius 2 is 1.42 bits per heavy atom. The molecule has 0 spiro atoms.